The summed E-state index contributed by atoms with van der Waals surface area (Å²) in [5.41, 5.74) is 0.416. The van der Waals surface area contributed by atoms with Crippen LogP contribution in [0.3, 0.4) is 0 Å². The molecule has 1 aliphatic carbocycles. The first-order chi connectivity index (χ1) is 9.84. The molecule has 21 heavy (non-hydrogen) atoms. The van der Waals surface area contributed by atoms with Gasteiger partial charge in [0.25, 0.3) is 0 Å². The zero-order chi connectivity index (χ0) is 15.9. The van der Waals surface area contributed by atoms with E-state index in [9.17, 15) is 9.59 Å². The van der Waals surface area contributed by atoms with E-state index in [4.69, 9.17) is 0 Å². The van der Waals surface area contributed by atoms with Crippen molar-refractivity contribution in [2.45, 2.75) is 59.8 Å². The Morgan fingerprint density at radius 2 is 1.86 bits per heavy atom. The SMILES string of the molecule is CC(C)CNC(=O)C(C)(C)C(=O)NCCC1=CCCCC1. The molecule has 0 saturated heterocycles. The molecule has 4 nitrogen and oxygen atoms in total. The summed E-state index contributed by atoms with van der Waals surface area (Å²) in [6.45, 7) is 8.64. The number of nitrogens with one attached hydrogen (secondary N) is 2. The minimum absolute atomic E-state index is 0.194. The molecule has 0 aromatic heterocycles. The van der Waals surface area contributed by atoms with Crippen LogP contribution in [0.2, 0.25) is 0 Å². The van der Waals surface area contributed by atoms with Gasteiger partial charge in [-0.25, -0.2) is 0 Å². The molecule has 0 unspecified atom stereocenters. The Hall–Kier alpha value is -1.32. The molecule has 0 fully saturated rings. The van der Waals surface area contributed by atoms with E-state index in [1.165, 1.54) is 18.4 Å². The Morgan fingerprint density at radius 3 is 2.43 bits per heavy atom. The van der Waals surface area contributed by atoms with Gasteiger partial charge in [-0.05, 0) is 51.9 Å². The highest BCUT2D eigenvalue weighted by Crippen LogP contribution is 2.20. The van der Waals surface area contributed by atoms with Gasteiger partial charge in [-0.1, -0.05) is 25.5 Å². The highest BCUT2D eigenvalue weighted by molar-refractivity contribution is 6.04. The van der Waals surface area contributed by atoms with Crippen molar-refractivity contribution in [1.29, 1.82) is 0 Å². The predicted molar refractivity (Wildman–Crippen MR) is 85.8 cm³/mol. The number of carbonyl (C=O) groups is 2. The third kappa shape index (κ3) is 5.90. The van der Waals surface area contributed by atoms with Crippen molar-refractivity contribution in [3.05, 3.63) is 11.6 Å². The van der Waals surface area contributed by atoms with Gasteiger partial charge in [0, 0.05) is 13.1 Å². The number of allylic oxidation sites excluding steroid dienone is 1. The largest absolute Gasteiger partial charge is 0.355 e. The van der Waals surface area contributed by atoms with Gasteiger partial charge < -0.3 is 10.6 Å². The molecule has 1 rings (SSSR count). The third-order valence-electron chi connectivity index (χ3n) is 3.92. The van der Waals surface area contributed by atoms with Crippen LogP contribution in [0.25, 0.3) is 0 Å². The maximum absolute atomic E-state index is 12.2. The van der Waals surface area contributed by atoms with Gasteiger partial charge in [0.1, 0.15) is 5.41 Å². The van der Waals surface area contributed by atoms with Gasteiger partial charge in [0.05, 0.1) is 0 Å². The van der Waals surface area contributed by atoms with Crippen molar-refractivity contribution < 1.29 is 9.59 Å². The molecule has 0 aliphatic heterocycles. The zero-order valence-electron chi connectivity index (χ0n) is 13.9. The summed E-state index contributed by atoms with van der Waals surface area (Å²) in [6.07, 6.45) is 8.02. The first-order valence-corrected chi connectivity index (χ1v) is 8.08. The van der Waals surface area contributed by atoms with Gasteiger partial charge in [-0.3, -0.25) is 9.59 Å². The molecule has 0 atom stereocenters. The summed E-state index contributed by atoms with van der Waals surface area (Å²) in [6, 6.07) is 0. The fourth-order valence-electron chi connectivity index (χ4n) is 2.31. The van der Waals surface area contributed by atoms with Crippen LogP contribution in [0.15, 0.2) is 11.6 Å². The molecule has 0 aromatic rings. The average Bonchev–Trinajstić information content (AvgIpc) is 2.45. The minimum Gasteiger partial charge on any atom is -0.355 e. The summed E-state index contributed by atoms with van der Waals surface area (Å²) in [7, 11) is 0. The van der Waals surface area contributed by atoms with E-state index in [1.807, 2.05) is 13.8 Å². The quantitative estimate of drug-likeness (QED) is 0.560. The van der Waals surface area contributed by atoms with Gasteiger partial charge >= 0.3 is 0 Å². The van der Waals surface area contributed by atoms with Crippen LogP contribution in [0.1, 0.15) is 59.8 Å². The highest BCUT2D eigenvalue weighted by atomic mass is 16.2. The van der Waals surface area contributed by atoms with Crippen molar-refractivity contribution in [3.63, 3.8) is 0 Å². The van der Waals surface area contributed by atoms with Gasteiger partial charge in [0.2, 0.25) is 11.8 Å². The molecule has 0 bridgehead atoms. The zero-order valence-corrected chi connectivity index (χ0v) is 13.9. The standard InChI is InChI=1S/C17H30N2O2/c1-13(2)12-19-16(21)17(3,4)15(20)18-11-10-14-8-6-5-7-9-14/h8,13H,5-7,9-12H2,1-4H3,(H,18,20)(H,19,21). The van der Waals surface area contributed by atoms with Crippen LogP contribution in [0.5, 0.6) is 0 Å². The summed E-state index contributed by atoms with van der Waals surface area (Å²) in [4.78, 5) is 24.3. The van der Waals surface area contributed by atoms with E-state index in [2.05, 4.69) is 16.7 Å². The summed E-state index contributed by atoms with van der Waals surface area (Å²) in [5, 5.41) is 5.73. The van der Waals surface area contributed by atoms with Gasteiger partial charge in [-0.2, -0.15) is 0 Å². The first-order valence-electron chi connectivity index (χ1n) is 8.08. The van der Waals surface area contributed by atoms with Gasteiger partial charge in [0.15, 0.2) is 0 Å². The second kappa shape index (κ2) is 8.20. The molecule has 2 amide bonds. The lowest BCUT2D eigenvalue weighted by molar-refractivity contribution is -0.141. The molecule has 0 aromatic carbocycles. The molecule has 0 spiro atoms. The van der Waals surface area contributed by atoms with Crippen molar-refractivity contribution in [1.82, 2.24) is 10.6 Å². The maximum atomic E-state index is 12.2. The van der Waals surface area contributed by atoms with Crippen molar-refractivity contribution >= 4 is 11.8 Å². The molecular weight excluding hydrogens is 264 g/mol. The Kier molecular flexibility index (Phi) is 6.93. The van der Waals surface area contributed by atoms with Crippen LogP contribution in [-0.4, -0.2) is 24.9 Å². The highest BCUT2D eigenvalue weighted by Gasteiger charge is 2.35. The number of carbonyl (C=O) groups excluding carboxylic acids is 2. The Balaban J connectivity index is 2.37. The van der Waals surface area contributed by atoms with E-state index in [1.54, 1.807) is 13.8 Å². The van der Waals surface area contributed by atoms with Crippen LogP contribution in [0.4, 0.5) is 0 Å². The predicted octanol–water partition coefficient (Wildman–Crippen LogP) is 2.79. The summed E-state index contributed by atoms with van der Waals surface area (Å²) < 4.78 is 0. The average molecular weight is 294 g/mol. The van der Waals surface area contributed by atoms with E-state index >= 15 is 0 Å². The van der Waals surface area contributed by atoms with E-state index < -0.39 is 5.41 Å². The van der Waals surface area contributed by atoms with Crippen LogP contribution in [-0.2, 0) is 9.59 Å². The Labute approximate surface area is 128 Å². The van der Waals surface area contributed by atoms with Crippen molar-refractivity contribution in [2.24, 2.45) is 11.3 Å². The molecule has 0 radical (unpaired) electrons. The minimum atomic E-state index is -1.02. The third-order valence-corrected chi connectivity index (χ3v) is 3.92. The lowest BCUT2D eigenvalue weighted by Crippen LogP contribution is -2.48. The van der Waals surface area contributed by atoms with Crippen LogP contribution >= 0.6 is 0 Å². The summed E-state index contributed by atoms with van der Waals surface area (Å²) in [5.74, 6) is -0.0169. The molecule has 4 heteroatoms. The molecule has 1 aliphatic rings. The monoisotopic (exact) mass is 294 g/mol. The smallest absolute Gasteiger partial charge is 0.235 e. The molecule has 0 saturated carbocycles. The number of hydrogen-bond donors (Lipinski definition) is 2. The topological polar surface area (TPSA) is 58.2 Å². The fourth-order valence-corrected chi connectivity index (χ4v) is 2.31. The van der Waals surface area contributed by atoms with E-state index in [-0.39, 0.29) is 11.8 Å². The lowest BCUT2D eigenvalue weighted by atomic mass is 9.90. The van der Waals surface area contributed by atoms with E-state index in [0.29, 0.717) is 19.0 Å². The van der Waals surface area contributed by atoms with E-state index in [0.717, 1.165) is 19.3 Å². The van der Waals surface area contributed by atoms with Crippen molar-refractivity contribution in [3.8, 4) is 0 Å². The second-order valence-electron chi connectivity index (χ2n) is 6.84. The maximum Gasteiger partial charge on any atom is 0.235 e. The number of hydrogen-bond acceptors (Lipinski definition) is 2. The normalized spacial score (nSPS) is 15.6. The summed E-state index contributed by atoms with van der Waals surface area (Å²) >= 11 is 0. The number of rotatable bonds is 7. The van der Waals surface area contributed by atoms with Crippen molar-refractivity contribution in [2.75, 3.05) is 13.1 Å². The molecule has 120 valence electrons. The fraction of sp³-hybridized carbons (Fsp3) is 0.765. The molecular formula is C17H30N2O2. The Morgan fingerprint density at radius 1 is 1.19 bits per heavy atom. The lowest BCUT2D eigenvalue weighted by Gasteiger charge is -2.23. The van der Waals surface area contributed by atoms with Crippen LogP contribution < -0.4 is 10.6 Å². The van der Waals surface area contributed by atoms with Crippen LogP contribution in [0, 0.1) is 11.3 Å². The molecule has 2 N–H and O–H groups in total. The first kappa shape index (κ1) is 17.7. The second-order valence-corrected chi connectivity index (χ2v) is 6.84. The Bertz CT molecular complexity index is 398. The van der Waals surface area contributed by atoms with Gasteiger partial charge in [-0.15, -0.1) is 0 Å². The molecule has 0 heterocycles. The number of amides is 2.